The molecule has 0 heterocycles. The molecule has 116 valence electrons. The monoisotopic (exact) mass is 375 g/mol. The van der Waals surface area contributed by atoms with Gasteiger partial charge in [0.05, 0.1) is 11.3 Å². The lowest BCUT2D eigenvalue weighted by Gasteiger charge is -2.28. The average molecular weight is 376 g/mol. The Balaban J connectivity index is 2.35. The minimum atomic E-state index is -3.74. The molecule has 5 nitrogen and oxygen atoms in total. The number of halogens is 1. The molecule has 2 rings (SSSR count). The Bertz CT molecular complexity index is 651. The number of carboxylic acids is 1. The van der Waals surface area contributed by atoms with Crippen LogP contribution in [0.3, 0.4) is 0 Å². The van der Waals surface area contributed by atoms with E-state index in [9.17, 15) is 13.2 Å². The van der Waals surface area contributed by atoms with Crippen molar-refractivity contribution in [2.24, 2.45) is 0 Å². The van der Waals surface area contributed by atoms with Crippen LogP contribution in [0.25, 0.3) is 0 Å². The fourth-order valence-electron chi connectivity index (χ4n) is 2.86. The van der Waals surface area contributed by atoms with E-state index in [0.717, 1.165) is 12.8 Å². The molecule has 0 saturated heterocycles. The van der Waals surface area contributed by atoms with Gasteiger partial charge < -0.3 is 5.11 Å². The van der Waals surface area contributed by atoms with E-state index < -0.39 is 21.5 Å². The number of nitrogens with one attached hydrogen (secondary N) is 1. The molecule has 0 aliphatic heterocycles. The van der Waals surface area contributed by atoms with Crippen LogP contribution >= 0.6 is 15.9 Å². The van der Waals surface area contributed by atoms with Gasteiger partial charge in [-0.2, -0.15) is 0 Å². The number of rotatable bonds is 5. The number of sulfonamides is 1. The summed E-state index contributed by atoms with van der Waals surface area (Å²) in [6, 6.07) is 5.04. The highest BCUT2D eigenvalue weighted by atomic mass is 79.9. The first-order valence-corrected chi connectivity index (χ1v) is 9.04. The number of aryl methyl sites for hydroxylation is 1. The molecule has 1 fully saturated rings. The number of benzene rings is 1. The largest absolute Gasteiger partial charge is 0.481 e. The highest BCUT2D eigenvalue weighted by Gasteiger charge is 2.40. The molecule has 1 aromatic rings. The molecule has 0 spiro atoms. The van der Waals surface area contributed by atoms with E-state index in [1.165, 1.54) is 0 Å². The second-order valence-corrected chi connectivity index (χ2v) is 8.14. The van der Waals surface area contributed by atoms with Crippen LogP contribution < -0.4 is 4.72 Å². The third kappa shape index (κ3) is 3.84. The van der Waals surface area contributed by atoms with Crippen LogP contribution in [-0.2, 0) is 14.8 Å². The van der Waals surface area contributed by atoms with Crippen LogP contribution in [0.15, 0.2) is 27.6 Å². The van der Waals surface area contributed by atoms with E-state index in [2.05, 4.69) is 20.7 Å². The van der Waals surface area contributed by atoms with Gasteiger partial charge in [0.2, 0.25) is 10.0 Å². The zero-order valence-corrected chi connectivity index (χ0v) is 14.1. The van der Waals surface area contributed by atoms with Crippen LogP contribution in [0, 0.1) is 6.92 Å². The third-order valence-electron chi connectivity index (χ3n) is 3.84. The molecule has 7 heteroatoms. The molecule has 21 heavy (non-hydrogen) atoms. The Morgan fingerprint density at radius 2 is 2.00 bits per heavy atom. The molecule has 0 bridgehead atoms. The Hall–Kier alpha value is -0.920. The summed E-state index contributed by atoms with van der Waals surface area (Å²) in [4.78, 5) is 11.3. The van der Waals surface area contributed by atoms with Crippen LogP contribution in [0.5, 0.6) is 0 Å². The van der Waals surface area contributed by atoms with Crippen molar-refractivity contribution in [3.05, 3.63) is 28.2 Å². The molecule has 1 saturated carbocycles. The smallest absolute Gasteiger partial charge is 0.305 e. The lowest BCUT2D eigenvalue weighted by molar-refractivity contribution is -0.138. The summed E-state index contributed by atoms with van der Waals surface area (Å²) < 4.78 is 28.6. The average Bonchev–Trinajstić information content (AvgIpc) is 2.78. The quantitative estimate of drug-likeness (QED) is 0.828. The van der Waals surface area contributed by atoms with Gasteiger partial charge in [-0.1, -0.05) is 34.8 Å². The van der Waals surface area contributed by atoms with Gasteiger partial charge in [-0.15, -0.1) is 0 Å². The normalized spacial score (nSPS) is 17.8. The molecular weight excluding hydrogens is 358 g/mol. The predicted octanol–water partition coefficient (Wildman–Crippen LogP) is 2.82. The van der Waals surface area contributed by atoms with Crippen molar-refractivity contribution < 1.29 is 18.3 Å². The van der Waals surface area contributed by atoms with E-state index in [4.69, 9.17) is 5.11 Å². The zero-order valence-electron chi connectivity index (χ0n) is 11.7. The van der Waals surface area contributed by atoms with E-state index >= 15 is 0 Å². The maximum absolute atomic E-state index is 12.6. The maximum atomic E-state index is 12.6. The highest BCUT2D eigenvalue weighted by molar-refractivity contribution is 9.10. The second kappa shape index (κ2) is 6.06. The van der Waals surface area contributed by atoms with Gasteiger partial charge in [-0.25, -0.2) is 13.1 Å². The lowest BCUT2D eigenvalue weighted by Crippen LogP contribution is -2.47. The SMILES string of the molecule is Cc1ccc(Br)cc1S(=O)(=O)NC1(CC(=O)O)CCCC1. The summed E-state index contributed by atoms with van der Waals surface area (Å²) in [5, 5.41) is 9.06. The summed E-state index contributed by atoms with van der Waals surface area (Å²) in [5.74, 6) is -0.981. The van der Waals surface area contributed by atoms with Crippen LogP contribution in [-0.4, -0.2) is 25.0 Å². The molecule has 0 unspecified atom stereocenters. The van der Waals surface area contributed by atoms with Gasteiger partial charge in [-0.05, 0) is 37.5 Å². The first-order valence-electron chi connectivity index (χ1n) is 6.76. The Labute approximate surface area is 132 Å². The minimum Gasteiger partial charge on any atom is -0.481 e. The molecule has 0 aromatic heterocycles. The number of hydrogen-bond acceptors (Lipinski definition) is 3. The number of aliphatic carboxylic acids is 1. The van der Waals surface area contributed by atoms with Gasteiger partial charge in [-0.3, -0.25) is 4.79 Å². The van der Waals surface area contributed by atoms with Crippen molar-refractivity contribution in [1.29, 1.82) is 0 Å². The molecule has 1 aromatic carbocycles. The summed E-state index contributed by atoms with van der Waals surface area (Å²) in [7, 11) is -3.74. The van der Waals surface area contributed by atoms with Crippen molar-refractivity contribution >= 4 is 31.9 Å². The molecule has 2 N–H and O–H groups in total. The van der Waals surface area contributed by atoms with Gasteiger partial charge >= 0.3 is 5.97 Å². The second-order valence-electron chi connectivity index (χ2n) is 5.57. The molecule has 1 aliphatic carbocycles. The molecule has 0 atom stereocenters. The van der Waals surface area contributed by atoms with E-state index in [1.807, 2.05) is 0 Å². The van der Waals surface area contributed by atoms with Crippen molar-refractivity contribution in [2.45, 2.75) is 49.5 Å². The molecular formula is C14H18BrNO4S. The summed E-state index contributed by atoms with van der Waals surface area (Å²) in [6.45, 7) is 1.72. The third-order valence-corrected chi connectivity index (χ3v) is 6.05. The van der Waals surface area contributed by atoms with Crippen molar-refractivity contribution in [1.82, 2.24) is 4.72 Å². The van der Waals surface area contributed by atoms with Crippen molar-refractivity contribution in [3.63, 3.8) is 0 Å². The van der Waals surface area contributed by atoms with E-state index in [0.29, 0.717) is 22.9 Å². The van der Waals surface area contributed by atoms with Crippen LogP contribution in [0.4, 0.5) is 0 Å². The molecule has 0 radical (unpaired) electrons. The predicted molar refractivity (Wildman–Crippen MR) is 82.7 cm³/mol. The number of carboxylic acid groups (broad SMARTS) is 1. The van der Waals surface area contributed by atoms with Gasteiger partial charge in [0.25, 0.3) is 0 Å². The van der Waals surface area contributed by atoms with Gasteiger partial charge in [0.1, 0.15) is 0 Å². The van der Waals surface area contributed by atoms with E-state index in [-0.39, 0.29) is 11.3 Å². The van der Waals surface area contributed by atoms with Crippen molar-refractivity contribution in [2.75, 3.05) is 0 Å². The highest BCUT2D eigenvalue weighted by Crippen LogP contribution is 2.34. The number of carbonyl (C=O) groups is 1. The minimum absolute atomic E-state index is 0.181. The summed E-state index contributed by atoms with van der Waals surface area (Å²) >= 11 is 3.27. The maximum Gasteiger partial charge on any atom is 0.305 e. The summed E-state index contributed by atoms with van der Waals surface area (Å²) in [5.41, 5.74) is -0.228. The molecule has 1 aliphatic rings. The fraction of sp³-hybridized carbons (Fsp3) is 0.500. The lowest BCUT2D eigenvalue weighted by atomic mass is 9.95. The Morgan fingerprint density at radius 1 is 1.38 bits per heavy atom. The van der Waals surface area contributed by atoms with Crippen LogP contribution in [0.2, 0.25) is 0 Å². The number of hydrogen-bond donors (Lipinski definition) is 2. The first kappa shape index (κ1) is 16.5. The fourth-order valence-corrected chi connectivity index (χ4v) is 5.10. The summed E-state index contributed by atoms with van der Waals surface area (Å²) in [6.07, 6.45) is 2.62. The van der Waals surface area contributed by atoms with Gasteiger partial charge in [0, 0.05) is 10.0 Å². The Kier molecular flexibility index (Phi) is 4.75. The Morgan fingerprint density at radius 3 is 2.57 bits per heavy atom. The van der Waals surface area contributed by atoms with Crippen LogP contribution in [0.1, 0.15) is 37.7 Å². The standard InChI is InChI=1S/C14H18BrNO4S/c1-10-4-5-11(15)8-12(10)21(19,20)16-14(9-13(17)18)6-2-3-7-14/h4-5,8,16H,2-3,6-7,9H2,1H3,(H,17,18). The van der Waals surface area contributed by atoms with E-state index in [1.54, 1.807) is 25.1 Å². The first-order chi connectivity index (χ1) is 9.74. The molecule has 0 amide bonds. The van der Waals surface area contributed by atoms with Crippen molar-refractivity contribution in [3.8, 4) is 0 Å². The topological polar surface area (TPSA) is 83.5 Å². The zero-order chi connectivity index (χ0) is 15.7. The van der Waals surface area contributed by atoms with Gasteiger partial charge in [0.15, 0.2) is 0 Å².